The lowest BCUT2D eigenvalue weighted by Gasteiger charge is -2.17. The van der Waals surface area contributed by atoms with Crippen LogP contribution in [0.3, 0.4) is 0 Å². The fraction of sp³-hybridized carbons (Fsp3) is 0.500. The number of carbonyl (C=O) groups excluding carboxylic acids is 1. The molecule has 1 atom stereocenters. The second kappa shape index (κ2) is 5.40. The molecule has 1 unspecified atom stereocenters. The average molecular weight is 248 g/mol. The Bertz CT molecular complexity index is 445. The van der Waals surface area contributed by atoms with Crippen LogP contribution in [-0.2, 0) is 4.79 Å². The number of hydrogen-bond acceptors (Lipinski definition) is 3. The zero-order valence-corrected chi connectivity index (χ0v) is 11.0. The fourth-order valence-electron chi connectivity index (χ4n) is 2.32. The van der Waals surface area contributed by atoms with Crippen molar-refractivity contribution < 1.29 is 9.53 Å². The summed E-state index contributed by atoms with van der Waals surface area (Å²) in [6, 6.07) is 5.11. The lowest BCUT2D eigenvalue weighted by molar-refractivity contribution is -0.119. The van der Waals surface area contributed by atoms with Crippen LogP contribution < -0.4 is 15.4 Å². The molecular weight excluding hydrogens is 228 g/mol. The van der Waals surface area contributed by atoms with E-state index in [2.05, 4.69) is 6.92 Å². The first-order valence-electron chi connectivity index (χ1n) is 6.44. The summed E-state index contributed by atoms with van der Waals surface area (Å²) in [5.74, 6) is 0.755. The Labute approximate surface area is 108 Å². The summed E-state index contributed by atoms with van der Waals surface area (Å²) < 4.78 is 5.21. The number of anilines is 1. The Morgan fingerprint density at radius 2 is 2.17 bits per heavy atom. The first kappa shape index (κ1) is 12.9. The second-order valence-corrected chi connectivity index (χ2v) is 4.60. The van der Waals surface area contributed by atoms with Gasteiger partial charge in [0.15, 0.2) is 0 Å². The molecule has 4 heteroatoms. The summed E-state index contributed by atoms with van der Waals surface area (Å²) >= 11 is 0. The quantitative estimate of drug-likeness (QED) is 0.813. The van der Waals surface area contributed by atoms with Crippen molar-refractivity contribution in [3.8, 4) is 5.75 Å². The van der Waals surface area contributed by atoms with Gasteiger partial charge in [0, 0.05) is 18.2 Å². The van der Waals surface area contributed by atoms with E-state index in [1.807, 2.05) is 18.2 Å². The van der Waals surface area contributed by atoms with Crippen molar-refractivity contribution in [2.24, 2.45) is 5.73 Å². The molecule has 0 aromatic heterocycles. The summed E-state index contributed by atoms with van der Waals surface area (Å²) in [7, 11) is 1.62. The van der Waals surface area contributed by atoms with Crippen molar-refractivity contribution in [1.29, 1.82) is 0 Å². The van der Waals surface area contributed by atoms with E-state index in [0.717, 1.165) is 42.8 Å². The molecular formula is C14H20N2O2. The number of amides is 1. The van der Waals surface area contributed by atoms with Gasteiger partial charge < -0.3 is 15.4 Å². The van der Waals surface area contributed by atoms with Crippen molar-refractivity contribution in [2.75, 3.05) is 18.6 Å². The lowest BCUT2D eigenvalue weighted by atomic mass is 10.1. The van der Waals surface area contributed by atoms with Gasteiger partial charge in [-0.2, -0.15) is 0 Å². The van der Waals surface area contributed by atoms with Gasteiger partial charge in [0.05, 0.1) is 12.8 Å². The minimum Gasteiger partial charge on any atom is -0.497 e. The van der Waals surface area contributed by atoms with Gasteiger partial charge in [0.2, 0.25) is 5.91 Å². The molecule has 0 saturated heterocycles. The zero-order valence-electron chi connectivity index (χ0n) is 11.0. The number of benzene rings is 1. The Morgan fingerprint density at radius 1 is 1.39 bits per heavy atom. The first-order valence-corrected chi connectivity index (χ1v) is 6.44. The molecule has 0 radical (unpaired) electrons. The number of fused-ring (bicyclic) bond motifs is 1. The molecule has 0 spiro atoms. The topological polar surface area (TPSA) is 55.6 Å². The van der Waals surface area contributed by atoms with Crippen LogP contribution in [0.2, 0.25) is 0 Å². The molecule has 1 aromatic rings. The van der Waals surface area contributed by atoms with Crippen LogP contribution in [-0.4, -0.2) is 19.6 Å². The number of ether oxygens (including phenoxy) is 1. The monoisotopic (exact) mass is 248 g/mol. The predicted molar refractivity (Wildman–Crippen MR) is 71.8 cm³/mol. The summed E-state index contributed by atoms with van der Waals surface area (Å²) in [6.45, 7) is 2.88. The number of carbonyl (C=O) groups is 1. The molecule has 1 aliphatic rings. The molecule has 1 aliphatic heterocycles. The van der Waals surface area contributed by atoms with Gasteiger partial charge in [-0.15, -0.1) is 0 Å². The normalized spacial score (nSPS) is 18.1. The third-order valence-corrected chi connectivity index (χ3v) is 3.38. The van der Waals surface area contributed by atoms with Crippen LogP contribution in [0, 0.1) is 0 Å². The molecule has 1 amide bonds. The third-order valence-electron chi connectivity index (χ3n) is 3.38. The molecule has 98 valence electrons. The lowest BCUT2D eigenvalue weighted by Crippen LogP contribution is -2.32. The summed E-state index contributed by atoms with van der Waals surface area (Å²) in [5.41, 5.74) is 7.75. The average Bonchev–Trinajstić information content (AvgIpc) is 2.63. The number of methoxy groups -OCH3 is 1. The molecule has 0 bridgehead atoms. The van der Waals surface area contributed by atoms with E-state index >= 15 is 0 Å². The van der Waals surface area contributed by atoms with Gasteiger partial charge in [-0.25, -0.2) is 0 Å². The van der Waals surface area contributed by atoms with Gasteiger partial charge in [-0.1, -0.05) is 25.8 Å². The van der Waals surface area contributed by atoms with Gasteiger partial charge in [-0.3, -0.25) is 4.79 Å². The molecule has 0 fully saturated rings. The van der Waals surface area contributed by atoms with E-state index in [1.165, 1.54) is 0 Å². The fourth-order valence-corrected chi connectivity index (χ4v) is 2.32. The van der Waals surface area contributed by atoms with Crippen molar-refractivity contribution in [2.45, 2.75) is 32.2 Å². The smallest absolute Gasteiger partial charge is 0.248 e. The molecule has 1 aromatic carbocycles. The van der Waals surface area contributed by atoms with Crippen LogP contribution >= 0.6 is 0 Å². The van der Waals surface area contributed by atoms with E-state index in [0.29, 0.717) is 0 Å². The Morgan fingerprint density at radius 3 is 2.83 bits per heavy atom. The molecule has 4 nitrogen and oxygen atoms in total. The van der Waals surface area contributed by atoms with Crippen molar-refractivity contribution in [3.05, 3.63) is 23.8 Å². The Kier molecular flexibility index (Phi) is 3.87. The minimum atomic E-state index is -0.521. The number of nitrogens with zero attached hydrogens (tertiary/aromatic N) is 1. The number of rotatable bonds is 5. The van der Waals surface area contributed by atoms with E-state index in [4.69, 9.17) is 10.5 Å². The number of nitrogens with two attached hydrogens (primary N) is 1. The summed E-state index contributed by atoms with van der Waals surface area (Å²) in [5, 5.41) is 0. The van der Waals surface area contributed by atoms with E-state index in [1.54, 1.807) is 12.0 Å². The van der Waals surface area contributed by atoms with Gasteiger partial charge in [0.1, 0.15) is 11.8 Å². The van der Waals surface area contributed by atoms with Gasteiger partial charge in [-0.05, 0) is 12.5 Å². The van der Waals surface area contributed by atoms with E-state index in [9.17, 15) is 4.79 Å². The van der Waals surface area contributed by atoms with Crippen LogP contribution in [0.25, 0.3) is 0 Å². The first-order chi connectivity index (χ1) is 8.69. The highest BCUT2D eigenvalue weighted by atomic mass is 16.5. The SMILES string of the molecule is CCCCCN1C(=O)C(N)c2ccc(OC)cc21. The maximum Gasteiger partial charge on any atom is 0.248 e. The summed E-state index contributed by atoms with van der Waals surface area (Å²) in [6.07, 6.45) is 3.27. The molecule has 0 saturated carbocycles. The predicted octanol–water partition coefficient (Wildman–Crippen LogP) is 2.23. The maximum atomic E-state index is 12.1. The van der Waals surface area contributed by atoms with Crippen molar-refractivity contribution in [1.82, 2.24) is 0 Å². The molecule has 1 heterocycles. The van der Waals surface area contributed by atoms with Crippen LogP contribution in [0.4, 0.5) is 5.69 Å². The standard InChI is InChI=1S/C14H20N2O2/c1-3-4-5-8-16-12-9-10(18-2)6-7-11(12)13(15)14(16)17/h6-7,9,13H,3-5,8,15H2,1-2H3. The maximum absolute atomic E-state index is 12.1. The third kappa shape index (κ3) is 2.20. The Hall–Kier alpha value is -1.55. The highest BCUT2D eigenvalue weighted by Crippen LogP contribution is 2.37. The number of unbranched alkanes of at least 4 members (excludes halogenated alkanes) is 2. The minimum absolute atomic E-state index is 0.00523. The van der Waals surface area contributed by atoms with E-state index < -0.39 is 6.04 Å². The van der Waals surface area contributed by atoms with Crippen LogP contribution in [0.1, 0.15) is 37.8 Å². The molecule has 0 aliphatic carbocycles. The number of hydrogen-bond donors (Lipinski definition) is 1. The van der Waals surface area contributed by atoms with Gasteiger partial charge >= 0.3 is 0 Å². The largest absolute Gasteiger partial charge is 0.497 e. The van der Waals surface area contributed by atoms with Gasteiger partial charge in [0.25, 0.3) is 0 Å². The van der Waals surface area contributed by atoms with Crippen LogP contribution in [0.15, 0.2) is 18.2 Å². The van der Waals surface area contributed by atoms with Crippen molar-refractivity contribution >= 4 is 11.6 Å². The molecule has 18 heavy (non-hydrogen) atoms. The highest BCUT2D eigenvalue weighted by molar-refractivity contribution is 6.04. The van der Waals surface area contributed by atoms with Crippen molar-refractivity contribution in [3.63, 3.8) is 0 Å². The second-order valence-electron chi connectivity index (χ2n) is 4.60. The van der Waals surface area contributed by atoms with Crippen LogP contribution in [0.5, 0.6) is 5.75 Å². The van der Waals surface area contributed by atoms with E-state index in [-0.39, 0.29) is 5.91 Å². The Balaban J connectivity index is 2.24. The highest BCUT2D eigenvalue weighted by Gasteiger charge is 2.34. The summed E-state index contributed by atoms with van der Waals surface area (Å²) in [4.78, 5) is 13.9. The molecule has 2 rings (SSSR count). The zero-order chi connectivity index (χ0) is 13.1. The molecule has 2 N–H and O–H groups in total.